The lowest BCUT2D eigenvalue weighted by atomic mass is 10.2. The van der Waals surface area contributed by atoms with Crippen LogP contribution in [0.3, 0.4) is 0 Å². The number of nitrogen functional groups attached to an aromatic ring is 1. The van der Waals surface area contributed by atoms with Crippen molar-refractivity contribution in [3.8, 4) is 29.9 Å². The highest BCUT2D eigenvalue weighted by Crippen LogP contribution is 2.26. The highest BCUT2D eigenvalue weighted by Gasteiger charge is 2.35. The number of unbranched alkanes of at least 4 members (excludes halogenated alkanes) is 2. The molecule has 0 saturated carbocycles. The average Bonchev–Trinajstić information content (AvgIpc) is 2.58. The Morgan fingerprint density at radius 3 is 2.35 bits per heavy atom. The quantitative estimate of drug-likeness (QED) is 0.516. The molecule has 2 rings (SSSR count). The predicted molar refractivity (Wildman–Crippen MR) is 91.0 cm³/mol. The Labute approximate surface area is 146 Å². The number of rotatable bonds is 3. The molecule has 0 unspecified atom stereocenters. The maximum atomic E-state index is 12.8. The summed E-state index contributed by atoms with van der Waals surface area (Å²) in [5.41, 5.74) is -3.22. The molecule has 8 heteroatoms. The maximum absolute atomic E-state index is 12.8. The van der Waals surface area contributed by atoms with Crippen molar-refractivity contribution < 1.29 is 13.2 Å². The van der Waals surface area contributed by atoms with E-state index in [2.05, 4.69) is 17.8 Å². The molecular weight excluding hydrogens is 347 g/mol. The number of aromatic nitrogens is 2. The Bertz CT molecular complexity index is 1010. The molecule has 0 spiro atoms. The van der Waals surface area contributed by atoms with Crippen LogP contribution in [0.5, 0.6) is 0 Å². The molecule has 0 bridgehead atoms. The summed E-state index contributed by atoms with van der Waals surface area (Å²) in [5.74, 6) is 13.5. The van der Waals surface area contributed by atoms with Gasteiger partial charge in [0.2, 0.25) is 0 Å². The van der Waals surface area contributed by atoms with Crippen molar-refractivity contribution in [2.75, 3.05) is 5.84 Å². The molecule has 1 heterocycles. The fraction of sp³-hybridized carbons (Fsp3) is 0.222. The van der Waals surface area contributed by atoms with Crippen LogP contribution in [0.15, 0.2) is 39.9 Å². The Hall–Kier alpha value is -3.39. The SMILES string of the molecule is C#CCCCC#Cc1ccc(-n2c(=O)cc(C(F)(F)F)n(N)c2=O)cc1. The molecule has 0 saturated heterocycles. The first-order chi connectivity index (χ1) is 12.3. The second kappa shape index (κ2) is 7.66. The van der Waals surface area contributed by atoms with Gasteiger partial charge >= 0.3 is 11.9 Å². The topological polar surface area (TPSA) is 70.0 Å². The number of nitrogens with zero attached hydrogens (tertiary/aromatic N) is 2. The Morgan fingerprint density at radius 2 is 1.77 bits per heavy atom. The summed E-state index contributed by atoms with van der Waals surface area (Å²) < 4.78 is 38.8. The zero-order chi connectivity index (χ0) is 19.3. The lowest BCUT2D eigenvalue weighted by Gasteiger charge is -2.13. The van der Waals surface area contributed by atoms with Crippen LogP contribution in [0.2, 0.25) is 0 Å². The summed E-state index contributed by atoms with van der Waals surface area (Å²) in [6.45, 7) is 0. The second-order valence-corrected chi connectivity index (χ2v) is 5.26. The molecule has 5 nitrogen and oxygen atoms in total. The van der Waals surface area contributed by atoms with E-state index in [4.69, 9.17) is 12.3 Å². The lowest BCUT2D eigenvalue weighted by molar-refractivity contribution is -0.143. The largest absolute Gasteiger partial charge is 0.433 e. The van der Waals surface area contributed by atoms with E-state index in [-0.39, 0.29) is 16.4 Å². The number of alkyl halides is 3. The van der Waals surface area contributed by atoms with E-state index in [1.165, 1.54) is 12.1 Å². The van der Waals surface area contributed by atoms with Crippen LogP contribution in [0.4, 0.5) is 13.2 Å². The van der Waals surface area contributed by atoms with Gasteiger partial charge in [-0.1, -0.05) is 11.8 Å². The molecule has 26 heavy (non-hydrogen) atoms. The van der Waals surface area contributed by atoms with Gasteiger partial charge in [0.25, 0.3) is 5.56 Å². The Balaban J connectivity index is 2.36. The van der Waals surface area contributed by atoms with Gasteiger partial charge in [0.1, 0.15) is 0 Å². The summed E-state index contributed by atoms with van der Waals surface area (Å²) in [7, 11) is 0. The number of nitrogens with two attached hydrogens (primary N) is 1. The first-order valence-electron chi connectivity index (χ1n) is 7.50. The summed E-state index contributed by atoms with van der Waals surface area (Å²) in [6, 6.07) is 6.19. The molecular formula is C18H14F3N3O2. The van der Waals surface area contributed by atoms with E-state index in [1.807, 2.05) is 0 Å². The van der Waals surface area contributed by atoms with Crippen molar-refractivity contribution >= 4 is 0 Å². The number of hydrogen-bond acceptors (Lipinski definition) is 3. The third-order valence-corrected chi connectivity index (χ3v) is 3.41. The van der Waals surface area contributed by atoms with Crippen LogP contribution in [0.1, 0.15) is 30.5 Å². The molecule has 0 fully saturated rings. The Morgan fingerprint density at radius 1 is 1.12 bits per heavy atom. The first-order valence-corrected chi connectivity index (χ1v) is 7.50. The highest BCUT2D eigenvalue weighted by molar-refractivity contribution is 5.41. The number of benzene rings is 1. The summed E-state index contributed by atoms with van der Waals surface area (Å²) >= 11 is 0. The molecule has 134 valence electrons. The van der Waals surface area contributed by atoms with Crippen LogP contribution < -0.4 is 17.1 Å². The summed E-state index contributed by atoms with van der Waals surface area (Å²) in [5, 5.41) is 0. The molecule has 1 aromatic carbocycles. The van der Waals surface area contributed by atoms with Gasteiger partial charge in [-0.2, -0.15) is 13.2 Å². The second-order valence-electron chi connectivity index (χ2n) is 5.26. The Kier molecular flexibility index (Phi) is 5.58. The van der Waals surface area contributed by atoms with Gasteiger partial charge in [-0.15, -0.1) is 12.3 Å². The van der Waals surface area contributed by atoms with Crippen molar-refractivity contribution in [2.24, 2.45) is 0 Å². The van der Waals surface area contributed by atoms with Gasteiger partial charge in [0.05, 0.1) is 5.69 Å². The minimum atomic E-state index is -4.91. The monoisotopic (exact) mass is 361 g/mol. The maximum Gasteiger partial charge on any atom is 0.433 e. The average molecular weight is 361 g/mol. The normalized spacial score (nSPS) is 10.7. The van der Waals surface area contributed by atoms with Gasteiger partial charge < -0.3 is 5.84 Å². The lowest BCUT2D eigenvalue weighted by Crippen LogP contribution is -2.45. The molecule has 0 aliphatic carbocycles. The first kappa shape index (κ1) is 18.9. The van der Waals surface area contributed by atoms with E-state index in [0.717, 1.165) is 6.42 Å². The zero-order valence-electron chi connectivity index (χ0n) is 13.5. The fourth-order valence-corrected chi connectivity index (χ4v) is 2.15. The summed E-state index contributed by atoms with van der Waals surface area (Å²) in [6.07, 6.45) is 2.26. The van der Waals surface area contributed by atoms with E-state index >= 15 is 0 Å². The highest BCUT2D eigenvalue weighted by atomic mass is 19.4. The number of terminal acetylenes is 1. The van der Waals surface area contributed by atoms with E-state index in [1.54, 1.807) is 12.1 Å². The molecule has 1 aromatic heterocycles. The van der Waals surface area contributed by atoms with Crippen molar-refractivity contribution in [3.05, 3.63) is 62.4 Å². The number of hydrogen-bond donors (Lipinski definition) is 1. The van der Waals surface area contributed by atoms with E-state index in [0.29, 0.717) is 23.0 Å². The van der Waals surface area contributed by atoms with Crippen molar-refractivity contribution in [1.82, 2.24) is 9.24 Å². The third-order valence-electron chi connectivity index (χ3n) is 3.41. The van der Waals surface area contributed by atoms with E-state index in [9.17, 15) is 22.8 Å². The van der Waals surface area contributed by atoms with Crippen molar-refractivity contribution in [2.45, 2.75) is 25.4 Å². The van der Waals surface area contributed by atoms with Gasteiger partial charge in [-0.25, -0.2) is 14.0 Å². The van der Waals surface area contributed by atoms with Gasteiger partial charge in [0, 0.05) is 24.5 Å². The molecule has 0 aliphatic heterocycles. The van der Waals surface area contributed by atoms with Gasteiger partial charge in [0.15, 0.2) is 5.69 Å². The molecule has 0 atom stereocenters. The van der Waals surface area contributed by atoms with Crippen LogP contribution in [-0.2, 0) is 6.18 Å². The fourth-order valence-electron chi connectivity index (χ4n) is 2.15. The van der Waals surface area contributed by atoms with Crippen LogP contribution >= 0.6 is 0 Å². The molecule has 0 aliphatic rings. The van der Waals surface area contributed by atoms with Crippen LogP contribution in [0, 0.1) is 24.2 Å². The minimum Gasteiger partial charge on any atom is -0.335 e. The van der Waals surface area contributed by atoms with E-state index < -0.39 is 23.1 Å². The van der Waals surface area contributed by atoms with Crippen molar-refractivity contribution in [3.63, 3.8) is 0 Å². The van der Waals surface area contributed by atoms with Crippen LogP contribution in [0.25, 0.3) is 5.69 Å². The molecule has 2 aromatic rings. The van der Waals surface area contributed by atoms with Crippen molar-refractivity contribution in [1.29, 1.82) is 0 Å². The predicted octanol–water partition coefficient (Wildman–Crippen LogP) is 1.89. The van der Waals surface area contributed by atoms with Crippen LogP contribution in [-0.4, -0.2) is 9.24 Å². The summed E-state index contributed by atoms with van der Waals surface area (Å²) in [4.78, 5) is 24.0. The molecule has 0 amide bonds. The van der Waals surface area contributed by atoms with Gasteiger partial charge in [-0.05, 0) is 30.7 Å². The molecule has 0 radical (unpaired) electrons. The standard InChI is InChI=1S/C18H14F3N3O2/c1-2-3-4-5-6-7-13-8-10-14(11-9-13)23-16(25)12-15(18(19,20)21)24(22)17(23)26/h1,8-12H,3-5,22H2. The molecule has 2 N–H and O–H groups in total. The van der Waals surface area contributed by atoms with Gasteiger partial charge in [-0.3, -0.25) is 4.79 Å². The smallest absolute Gasteiger partial charge is 0.335 e. The zero-order valence-corrected chi connectivity index (χ0v) is 13.5. The number of halogens is 3. The third kappa shape index (κ3) is 4.17. The minimum absolute atomic E-state index is 0.0887.